The third-order valence-electron chi connectivity index (χ3n) is 2.23. The standard InChI is InChI=1S/C11H7F6NO/c1-5(9(18)19)6-2-7(10(12,13)14)4-8(3-6)11(15,16)17/h2-4H,1H2,(H2,18,19). The molecule has 1 amide bonds. The molecule has 0 bridgehead atoms. The zero-order chi connectivity index (χ0) is 15.0. The lowest BCUT2D eigenvalue weighted by molar-refractivity contribution is -0.143. The highest BCUT2D eigenvalue weighted by molar-refractivity contribution is 6.17. The van der Waals surface area contributed by atoms with Gasteiger partial charge in [0.2, 0.25) is 5.91 Å². The van der Waals surface area contributed by atoms with Crippen LogP contribution in [0.1, 0.15) is 16.7 Å². The molecular weight excluding hydrogens is 276 g/mol. The molecule has 0 aromatic heterocycles. The van der Waals surface area contributed by atoms with Crippen LogP contribution in [-0.4, -0.2) is 5.91 Å². The van der Waals surface area contributed by atoms with Crippen molar-refractivity contribution in [2.75, 3.05) is 0 Å². The number of amides is 1. The molecule has 2 nitrogen and oxygen atoms in total. The van der Waals surface area contributed by atoms with Gasteiger partial charge in [0.15, 0.2) is 0 Å². The van der Waals surface area contributed by atoms with Crippen LogP contribution in [0.25, 0.3) is 5.57 Å². The molecule has 0 spiro atoms. The number of hydrogen-bond donors (Lipinski definition) is 1. The molecule has 1 rings (SSSR count). The quantitative estimate of drug-likeness (QED) is 0.657. The molecule has 0 fully saturated rings. The molecule has 0 aliphatic rings. The molecule has 1 aromatic rings. The van der Waals surface area contributed by atoms with E-state index >= 15 is 0 Å². The van der Waals surface area contributed by atoms with Gasteiger partial charge < -0.3 is 5.73 Å². The van der Waals surface area contributed by atoms with E-state index in [2.05, 4.69) is 6.58 Å². The molecule has 0 aliphatic heterocycles. The molecule has 0 unspecified atom stereocenters. The summed E-state index contributed by atoms with van der Waals surface area (Å²) in [5, 5.41) is 0. The van der Waals surface area contributed by atoms with E-state index in [0.717, 1.165) is 0 Å². The number of carbonyl (C=O) groups excluding carboxylic acids is 1. The van der Waals surface area contributed by atoms with Crippen LogP contribution in [-0.2, 0) is 17.1 Å². The summed E-state index contributed by atoms with van der Waals surface area (Å²) in [6.07, 6.45) is -9.96. The maximum absolute atomic E-state index is 12.5. The molecule has 0 saturated carbocycles. The van der Waals surface area contributed by atoms with E-state index in [4.69, 9.17) is 5.73 Å². The highest BCUT2D eigenvalue weighted by atomic mass is 19.4. The zero-order valence-corrected chi connectivity index (χ0v) is 9.19. The number of nitrogens with two attached hydrogens (primary N) is 1. The highest BCUT2D eigenvalue weighted by Crippen LogP contribution is 2.37. The molecule has 19 heavy (non-hydrogen) atoms. The van der Waals surface area contributed by atoms with Gasteiger partial charge in [0, 0.05) is 5.57 Å². The Labute approximate surface area is 103 Å². The first kappa shape index (κ1) is 15.1. The Kier molecular flexibility index (Phi) is 3.65. The van der Waals surface area contributed by atoms with Gasteiger partial charge in [-0.2, -0.15) is 26.3 Å². The van der Waals surface area contributed by atoms with Crippen molar-refractivity contribution in [1.82, 2.24) is 0 Å². The minimum atomic E-state index is -4.98. The van der Waals surface area contributed by atoms with Crippen molar-refractivity contribution in [2.24, 2.45) is 5.73 Å². The molecule has 1 aromatic carbocycles. The van der Waals surface area contributed by atoms with Crippen molar-refractivity contribution in [1.29, 1.82) is 0 Å². The number of primary amides is 1. The van der Waals surface area contributed by atoms with Gasteiger partial charge >= 0.3 is 12.4 Å². The van der Waals surface area contributed by atoms with E-state index < -0.39 is 40.5 Å². The lowest BCUT2D eigenvalue weighted by Crippen LogP contribution is -2.15. The molecule has 0 heterocycles. The van der Waals surface area contributed by atoms with Crippen molar-refractivity contribution in [3.05, 3.63) is 41.5 Å². The van der Waals surface area contributed by atoms with E-state index in [9.17, 15) is 31.1 Å². The van der Waals surface area contributed by atoms with E-state index in [-0.39, 0.29) is 6.07 Å². The van der Waals surface area contributed by atoms with Gasteiger partial charge in [0.25, 0.3) is 0 Å². The van der Waals surface area contributed by atoms with Gasteiger partial charge in [-0.15, -0.1) is 0 Å². The van der Waals surface area contributed by atoms with Crippen LogP contribution in [0.5, 0.6) is 0 Å². The largest absolute Gasteiger partial charge is 0.416 e. The fourth-order valence-electron chi connectivity index (χ4n) is 1.27. The van der Waals surface area contributed by atoms with Crippen LogP contribution in [0.15, 0.2) is 24.8 Å². The Hall–Kier alpha value is -1.99. The molecule has 8 heteroatoms. The minimum Gasteiger partial charge on any atom is -0.366 e. The average Bonchev–Trinajstić information content (AvgIpc) is 2.24. The van der Waals surface area contributed by atoms with Crippen LogP contribution in [0.4, 0.5) is 26.3 Å². The average molecular weight is 283 g/mol. The molecule has 0 saturated heterocycles. The fraction of sp³-hybridized carbons (Fsp3) is 0.182. The van der Waals surface area contributed by atoms with Gasteiger partial charge in [-0.1, -0.05) is 6.58 Å². The van der Waals surface area contributed by atoms with Crippen molar-refractivity contribution in [3.63, 3.8) is 0 Å². The molecule has 0 aliphatic carbocycles. The topological polar surface area (TPSA) is 43.1 Å². The number of alkyl halides is 6. The maximum Gasteiger partial charge on any atom is 0.416 e. The van der Waals surface area contributed by atoms with Crippen LogP contribution < -0.4 is 5.73 Å². The summed E-state index contributed by atoms with van der Waals surface area (Å²) in [4.78, 5) is 10.8. The lowest BCUT2D eigenvalue weighted by Gasteiger charge is -2.14. The summed E-state index contributed by atoms with van der Waals surface area (Å²) >= 11 is 0. The SMILES string of the molecule is C=C(C(N)=O)c1cc(C(F)(F)F)cc(C(F)(F)F)c1. The zero-order valence-electron chi connectivity index (χ0n) is 9.19. The van der Waals surface area contributed by atoms with Gasteiger partial charge in [-0.05, 0) is 23.8 Å². The number of carbonyl (C=O) groups is 1. The summed E-state index contributed by atoms with van der Waals surface area (Å²) in [5.41, 5.74) is 0.485. The first-order chi connectivity index (χ1) is 8.43. The minimum absolute atomic E-state index is 0.0439. The van der Waals surface area contributed by atoms with Crippen LogP contribution in [0.2, 0.25) is 0 Å². The first-order valence-electron chi connectivity index (χ1n) is 4.71. The van der Waals surface area contributed by atoms with E-state index in [0.29, 0.717) is 12.1 Å². The van der Waals surface area contributed by atoms with Crippen LogP contribution >= 0.6 is 0 Å². The monoisotopic (exact) mass is 283 g/mol. The van der Waals surface area contributed by atoms with Crippen molar-refractivity contribution in [2.45, 2.75) is 12.4 Å². The number of hydrogen-bond acceptors (Lipinski definition) is 1. The molecule has 0 radical (unpaired) electrons. The molecule has 104 valence electrons. The summed E-state index contributed by atoms with van der Waals surface area (Å²) in [5.74, 6) is -1.20. The van der Waals surface area contributed by atoms with Gasteiger partial charge in [0.05, 0.1) is 11.1 Å². The van der Waals surface area contributed by atoms with Gasteiger partial charge in [-0.25, -0.2) is 0 Å². The molecular formula is C11H7F6NO. The predicted molar refractivity (Wildman–Crippen MR) is 54.7 cm³/mol. The van der Waals surface area contributed by atoms with Crippen LogP contribution in [0, 0.1) is 0 Å². The van der Waals surface area contributed by atoms with Crippen molar-refractivity contribution < 1.29 is 31.1 Å². The van der Waals surface area contributed by atoms with E-state index in [1.54, 1.807) is 0 Å². The second kappa shape index (κ2) is 4.60. The Bertz CT molecular complexity index is 497. The Morgan fingerprint density at radius 3 is 1.58 bits per heavy atom. The number of halogens is 6. The first-order valence-corrected chi connectivity index (χ1v) is 4.71. The number of benzene rings is 1. The van der Waals surface area contributed by atoms with Crippen molar-refractivity contribution >= 4 is 11.5 Å². The molecule has 0 atom stereocenters. The van der Waals surface area contributed by atoms with E-state index in [1.807, 2.05) is 0 Å². The lowest BCUT2D eigenvalue weighted by atomic mass is 10.00. The van der Waals surface area contributed by atoms with Crippen LogP contribution in [0.3, 0.4) is 0 Å². The summed E-state index contributed by atoms with van der Waals surface area (Å²) in [6, 6.07) is 0.739. The third kappa shape index (κ3) is 3.49. The Balaban J connectivity index is 3.50. The number of rotatable bonds is 2. The van der Waals surface area contributed by atoms with Gasteiger partial charge in [-0.3, -0.25) is 4.79 Å². The summed E-state index contributed by atoms with van der Waals surface area (Å²) < 4.78 is 74.9. The third-order valence-corrected chi connectivity index (χ3v) is 2.23. The second-order valence-corrected chi connectivity index (χ2v) is 3.64. The predicted octanol–water partition coefficient (Wildman–Crippen LogP) is 3.22. The fourth-order valence-corrected chi connectivity index (χ4v) is 1.27. The van der Waals surface area contributed by atoms with Gasteiger partial charge in [0.1, 0.15) is 0 Å². The smallest absolute Gasteiger partial charge is 0.366 e. The maximum atomic E-state index is 12.5. The molecule has 2 N–H and O–H groups in total. The Morgan fingerprint density at radius 1 is 0.947 bits per heavy atom. The second-order valence-electron chi connectivity index (χ2n) is 3.64. The highest BCUT2D eigenvalue weighted by Gasteiger charge is 2.37. The van der Waals surface area contributed by atoms with Crippen molar-refractivity contribution in [3.8, 4) is 0 Å². The summed E-state index contributed by atoms with van der Waals surface area (Å²) in [7, 11) is 0. The summed E-state index contributed by atoms with van der Waals surface area (Å²) in [6.45, 7) is 3.06. The Morgan fingerprint density at radius 2 is 1.32 bits per heavy atom. The van der Waals surface area contributed by atoms with E-state index in [1.165, 1.54) is 0 Å². The normalized spacial score (nSPS) is 12.3.